The number of benzene rings is 1. The van der Waals surface area contributed by atoms with Crippen LogP contribution in [0.5, 0.6) is 0 Å². The molecule has 1 rings (SSSR count). The van der Waals surface area contributed by atoms with Crippen molar-refractivity contribution in [2.45, 2.75) is 26.3 Å². The van der Waals surface area contributed by atoms with Crippen LogP contribution >= 0.6 is 0 Å². The van der Waals surface area contributed by atoms with Crippen LogP contribution in [0.15, 0.2) is 42.5 Å². The zero-order chi connectivity index (χ0) is 10.2. The van der Waals surface area contributed by atoms with E-state index in [0.29, 0.717) is 6.04 Å². The summed E-state index contributed by atoms with van der Waals surface area (Å²) >= 11 is 0. The normalized spacial score (nSPS) is 13.3. The fraction of sp³-hybridized carbons (Fsp3) is 0.385. The lowest BCUT2D eigenvalue weighted by atomic mass is 10.1. The highest BCUT2D eigenvalue weighted by atomic mass is 14.9. The van der Waals surface area contributed by atoms with Crippen molar-refractivity contribution in [1.29, 1.82) is 0 Å². The average molecular weight is 189 g/mol. The molecule has 0 aliphatic heterocycles. The molecule has 1 atom stereocenters. The number of hydrogen-bond donors (Lipinski definition) is 1. The largest absolute Gasteiger partial charge is 0.310 e. The number of nitrogens with one attached hydrogen (secondary N) is 1. The molecule has 0 heterocycles. The van der Waals surface area contributed by atoms with Gasteiger partial charge in [0.05, 0.1) is 0 Å². The van der Waals surface area contributed by atoms with Gasteiger partial charge in [-0.25, -0.2) is 0 Å². The van der Waals surface area contributed by atoms with Gasteiger partial charge in [0.1, 0.15) is 0 Å². The second kappa shape index (κ2) is 6.39. The second-order valence-corrected chi connectivity index (χ2v) is 3.57. The molecule has 0 saturated carbocycles. The Morgan fingerprint density at radius 1 is 1.29 bits per heavy atom. The standard InChI is InChI=1S/C13H19N/c1-3-4-10-14-12(2)11-13-8-6-5-7-9-13/h3-9,12,14H,10-11H2,1-2H3. The number of rotatable bonds is 5. The first kappa shape index (κ1) is 11.0. The molecule has 0 aliphatic carbocycles. The fourth-order valence-corrected chi connectivity index (χ4v) is 1.43. The van der Waals surface area contributed by atoms with Crippen molar-refractivity contribution >= 4 is 0 Å². The summed E-state index contributed by atoms with van der Waals surface area (Å²) in [4.78, 5) is 0. The van der Waals surface area contributed by atoms with Crippen molar-refractivity contribution < 1.29 is 0 Å². The van der Waals surface area contributed by atoms with Crippen LogP contribution in [0.3, 0.4) is 0 Å². The molecule has 1 N–H and O–H groups in total. The Labute approximate surface area is 86.8 Å². The van der Waals surface area contributed by atoms with Gasteiger partial charge in [-0.3, -0.25) is 0 Å². The van der Waals surface area contributed by atoms with Gasteiger partial charge in [0.15, 0.2) is 0 Å². The summed E-state index contributed by atoms with van der Waals surface area (Å²) in [6.45, 7) is 5.23. The van der Waals surface area contributed by atoms with Gasteiger partial charge in [-0.15, -0.1) is 0 Å². The summed E-state index contributed by atoms with van der Waals surface area (Å²) in [5, 5.41) is 3.45. The molecule has 0 fully saturated rings. The highest BCUT2D eigenvalue weighted by Crippen LogP contribution is 2.02. The monoisotopic (exact) mass is 189 g/mol. The van der Waals surface area contributed by atoms with Crippen LogP contribution in [0, 0.1) is 0 Å². The molecule has 1 aromatic carbocycles. The van der Waals surface area contributed by atoms with E-state index in [9.17, 15) is 0 Å². The minimum atomic E-state index is 0.536. The summed E-state index contributed by atoms with van der Waals surface area (Å²) in [5.74, 6) is 0. The van der Waals surface area contributed by atoms with E-state index in [2.05, 4.69) is 54.7 Å². The first-order valence-electron chi connectivity index (χ1n) is 5.21. The van der Waals surface area contributed by atoms with Crippen LogP contribution in [-0.2, 0) is 6.42 Å². The predicted octanol–water partition coefficient (Wildman–Crippen LogP) is 2.78. The lowest BCUT2D eigenvalue weighted by Gasteiger charge is -2.11. The Morgan fingerprint density at radius 2 is 2.00 bits per heavy atom. The minimum Gasteiger partial charge on any atom is -0.310 e. The molecule has 0 radical (unpaired) electrons. The maximum atomic E-state index is 3.45. The SMILES string of the molecule is CC=CCNC(C)Cc1ccccc1. The number of hydrogen-bond acceptors (Lipinski definition) is 1. The van der Waals surface area contributed by atoms with Crippen LogP contribution in [0.1, 0.15) is 19.4 Å². The molecule has 76 valence electrons. The molecule has 14 heavy (non-hydrogen) atoms. The Balaban J connectivity index is 2.30. The van der Waals surface area contributed by atoms with Gasteiger partial charge in [0.25, 0.3) is 0 Å². The van der Waals surface area contributed by atoms with Gasteiger partial charge in [0.2, 0.25) is 0 Å². The maximum absolute atomic E-state index is 3.45. The minimum absolute atomic E-state index is 0.536. The molecule has 0 aliphatic rings. The Bertz CT molecular complexity index is 264. The maximum Gasteiger partial charge on any atom is 0.0137 e. The molecule has 0 aromatic heterocycles. The molecule has 0 amide bonds. The smallest absolute Gasteiger partial charge is 0.0137 e. The third kappa shape index (κ3) is 4.24. The topological polar surface area (TPSA) is 12.0 Å². The van der Waals surface area contributed by atoms with Crippen LogP contribution in [-0.4, -0.2) is 12.6 Å². The lowest BCUT2D eigenvalue weighted by molar-refractivity contribution is 0.580. The molecule has 0 saturated heterocycles. The van der Waals surface area contributed by atoms with Gasteiger partial charge in [-0.05, 0) is 25.8 Å². The second-order valence-electron chi connectivity index (χ2n) is 3.57. The Morgan fingerprint density at radius 3 is 2.64 bits per heavy atom. The van der Waals surface area contributed by atoms with E-state index >= 15 is 0 Å². The third-order valence-electron chi connectivity index (χ3n) is 2.20. The van der Waals surface area contributed by atoms with E-state index < -0.39 is 0 Å². The van der Waals surface area contributed by atoms with E-state index in [1.165, 1.54) is 5.56 Å². The lowest BCUT2D eigenvalue weighted by Crippen LogP contribution is -2.28. The van der Waals surface area contributed by atoms with Gasteiger partial charge < -0.3 is 5.32 Å². The highest BCUT2D eigenvalue weighted by Gasteiger charge is 2.00. The third-order valence-corrected chi connectivity index (χ3v) is 2.20. The van der Waals surface area contributed by atoms with Gasteiger partial charge in [-0.2, -0.15) is 0 Å². The van der Waals surface area contributed by atoms with Crippen LogP contribution < -0.4 is 5.32 Å². The number of allylic oxidation sites excluding steroid dienone is 1. The molecule has 0 spiro atoms. The zero-order valence-corrected chi connectivity index (χ0v) is 9.03. The Kier molecular flexibility index (Phi) is 5.02. The molecular weight excluding hydrogens is 170 g/mol. The van der Waals surface area contributed by atoms with Gasteiger partial charge in [-0.1, -0.05) is 42.5 Å². The van der Waals surface area contributed by atoms with Crippen molar-refractivity contribution in [2.24, 2.45) is 0 Å². The summed E-state index contributed by atoms with van der Waals surface area (Å²) in [6.07, 6.45) is 5.31. The van der Waals surface area contributed by atoms with E-state index in [4.69, 9.17) is 0 Å². The molecular formula is C13H19N. The summed E-state index contributed by atoms with van der Waals surface area (Å²) in [6, 6.07) is 11.1. The van der Waals surface area contributed by atoms with Crippen molar-refractivity contribution in [3.63, 3.8) is 0 Å². The Hall–Kier alpha value is -1.08. The van der Waals surface area contributed by atoms with E-state index in [-0.39, 0.29) is 0 Å². The van der Waals surface area contributed by atoms with Gasteiger partial charge in [0, 0.05) is 12.6 Å². The zero-order valence-electron chi connectivity index (χ0n) is 9.03. The first-order chi connectivity index (χ1) is 6.83. The predicted molar refractivity (Wildman–Crippen MR) is 62.4 cm³/mol. The van der Waals surface area contributed by atoms with Crippen molar-refractivity contribution in [3.05, 3.63) is 48.0 Å². The van der Waals surface area contributed by atoms with Crippen LogP contribution in [0.25, 0.3) is 0 Å². The van der Waals surface area contributed by atoms with Crippen molar-refractivity contribution in [1.82, 2.24) is 5.32 Å². The van der Waals surface area contributed by atoms with Gasteiger partial charge >= 0.3 is 0 Å². The summed E-state index contributed by atoms with van der Waals surface area (Å²) in [5.41, 5.74) is 1.40. The van der Waals surface area contributed by atoms with Crippen molar-refractivity contribution in [2.75, 3.05) is 6.54 Å². The molecule has 0 bridgehead atoms. The van der Waals surface area contributed by atoms with Crippen molar-refractivity contribution in [3.8, 4) is 0 Å². The fourth-order valence-electron chi connectivity index (χ4n) is 1.43. The summed E-state index contributed by atoms with van der Waals surface area (Å²) < 4.78 is 0. The highest BCUT2D eigenvalue weighted by molar-refractivity contribution is 5.15. The summed E-state index contributed by atoms with van der Waals surface area (Å²) in [7, 11) is 0. The van der Waals surface area contributed by atoms with Crippen LogP contribution in [0.2, 0.25) is 0 Å². The van der Waals surface area contributed by atoms with E-state index in [1.807, 2.05) is 6.92 Å². The van der Waals surface area contributed by atoms with Crippen LogP contribution in [0.4, 0.5) is 0 Å². The average Bonchev–Trinajstić information content (AvgIpc) is 2.20. The van der Waals surface area contributed by atoms with E-state index in [0.717, 1.165) is 13.0 Å². The first-order valence-corrected chi connectivity index (χ1v) is 5.21. The van der Waals surface area contributed by atoms with E-state index in [1.54, 1.807) is 0 Å². The quantitative estimate of drug-likeness (QED) is 0.702. The molecule has 1 heteroatoms. The molecule has 1 unspecified atom stereocenters. The molecule has 1 aromatic rings. The molecule has 1 nitrogen and oxygen atoms in total.